The fourth-order valence-electron chi connectivity index (χ4n) is 3.04. The average molecular weight is 403 g/mol. The molecule has 1 amide bonds. The summed E-state index contributed by atoms with van der Waals surface area (Å²) in [5, 5.41) is 13.1. The first kappa shape index (κ1) is 20.7. The van der Waals surface area contributed by atoms with Crippen molar-refractivity contribution in [3.63, 3.8) is 0 Å². The van der Waals surface area contributed by atoms with Gasteiger partial charge in [-0.3, -0.25) is 9.59 Å². The third-order valence-electron chi connectivity index (χ3n) is 4.44. The van der Waals surface area contributed by atoms with Crippen LogP contribution in [0.25, 0.3) is 17.0 Å². The Bertz CT molecular complexity index is 1140. The van der Waals surface area contributed by atoms with Crippen molar-refractivity contribution in [2.75, 3.05) is 19.0 Å². The van der Waals surface area contributed by atoms with E-state index in [-0.39, 0.29) is 18.1 Å². The van der Waals surface area contributed by atoms with Gasteiger partial charge in [-0.05, 0) is 43.3 Å². The Hall–Kier alpha value is -4.05. The van der Waals surface area contributed by atoms with Gasteiger partial charge in [0, 0.05) is 28.4 Å². The Labute approximate surface area is 174 Å². The van der Waals surface area contributed by atoms with E-state index in [1.165, 1.54) is 6.08 Å². The first-order valence-electron chi connectivity index (χ1n) is 9.36. The lowest BCUT2D eigenvalue weighted by atomic mass is 10.1. The number of hydrogen-bond acceptors (Lipinski definition) is 5. The Balaban J connectivity index is 1.90. The molecule has 1 aromatic heterocycles. The number of fused-ring (bicyclic) bond motifs is 1. The average Bonchev–Trinajstić information content (AvgIpc) is 3.09. The first-order valence-corrected chi connectivity index (χ1v) is 9.36. The van der Waals surface area contributed by atoms with Crippen molar-refractivity contribution in [2.45, 2.75) is 13.5 Å². The second kappa shape index (κ2) is 9.43. The summed E-state index contributed by atoms with van der Waals surface area (Å²) >= 11 is 0. The zero-order valence-corrected chi connectivity index (χ0v) is 16.7. The Kier molecular flexibility index (Phi) is 6.50. The van der Waals surface area contributed by atoms with Crippen LogP contribution in [-0.4, -0.2) is 30.2 Å². The van der Waals surface area contributed by atoms with Gasteiger partial charge in [0.1, 0.15) is 23.9 Å². The van der Waals surface area contributed by atoms with Crippen molar-refractivity contribution >= 4 is 34.5 Å². The summed E-state index contributed by atoms with van der Waals surface area (Å²) in [5.41, 5.74) is 1.97. The largest absolute Gasteiger partial charge is 0.497 e. The number of rotatable bonds is 7. The van der Waals surface area contributed by atoms with Crippen LogP contribution in [0.1, 0.15) is 12.5 Å². The van der Waals surface area contributed by atoms with Gasteiger partial charge in [0.25, 0.3) is 5.91 Å². The maximum Gasteiger partial charge on any atom is 0.325 e. The van der Waals surface area contributed by atoms with Gasteiger partial charge in [-0.15, -0.1) is 0 Å². The number of nitrogens with one attached hydrogen (secondary N) is 1. The zero-order valence-electron chi connectivity index (χ0n) is 16.7. The molecule has 0 bridgehead atoms. The van der Waals surface area contributed by atoms with Gasteiger partial charge >= 0.3 is 5.97 Å². The molecule has 0 aliphatic carbocycles. The van der Waals surface area contributed by atoms with E-state index >= 15 is 0 Å². The smallest absolute Gasteiger partial charge is 0.325 e. The normalized spacial score (nSPS) is 11.0. The van der Waals surface area contributed by atoms with Gasteiger partial charge in [0.15, 0.2) is 0 Å². The van der Waals surface area contributed by atoms with Gasteiger partial charge in [0.2, 0.25) is 0 Å². The van der Waals surface area contributed by atoms with Crippen LogP contribution in [0.15, 0.2) is 60.3 Å². The van der Waals surface area contributed by atoms with E-state index in [1.807, 2.05) is 30.3 Å². The molecule has 0 aliphatic rings. The van der Waals surface area contributed by atoms with Crippen LogP contribution < -0.4 is 10.1 Å². The minimum Gasteiger partial charge on any atom is -0.497 e. The van der Waals surface area contributed by atoms with E-state index in [2.05, 4.69) is 5.32 Å². The maximum absolute atomic E-state index is 12.6. The molecule has 7 heteroatoms. The topological polar surface area (TPSA) is 93.4 Å². The van der Waals surface area contributed by atoms with Crippen molar-refractivity contribution in [1.82, 2.24) is 4.57 Å². The molecular formula is C23H21N3O4. The molecule has 30 heavy (non-hydrogen) atoms. The highest BCUT2D eigenvalue weighted by Crippen LogP contribution is 2.24. The number of benzene rings is 2. The predicted molar refractivity (Wildman–Crippen MR) is 114 cm³/mol. The molecule has 1 heterocycles. The van der Waals surface area contributed by atoms with E-state index in [1.54, 1.807) is 49.1 Å². The number of carbonyl (C=O) groups is 2. The van der Waals surface area contributed by atoms with Crippen LogP contribution in [0.4, 0.5) is 5.69 Å². The molecular weight excluding hydrogens is 382 g/mol. The summed E-state index contributed by atoms with van der Waals surface area (Å²) in [6, 6.07) is 16.2. The van der Waals surface area contributed by atoms with E-state index in [0.29, 0.717) is 23.6 Å². The molecule has 0 spiro atoms. The minimum absolute atomic E-state index is 0.0438. The number of methoxy groups -OCH3 is 1. The number of anilines is 1. The molecule has 0 atom stereocenters. The Morgan fingerprint density at radius 1 is 1.17 bits per heavy atom. The van der Waals surface area contributed by atoms with E-state index < -0.39 is 5.91 Å². The van der Waals surface area contributed by atoms with E-state index in [4.69, 9.17) is 9.47 Å². The number of amides is 1. The quantitative estimate of drug-likeness (QED) is 0.368. The van der Waals surface area contributed by atoms with Gasteiger partial charge in [0.05, 0.1) is 13.7 Å². The summed E-state index contributed by atoms with van der Waals surface area (Å²) in [6.45, 7) is 2.09. The zero-order chi connectivity index (χ0) is 21.5. The molecule has 2 aromatic carbocycles. The van der Waals surface area contributed by atoms with E-state index in [0.717, 1.165) is 10.9 Å². The summed E-state index contributed by atoms with van der Waals surface area (Å²) in [7, 11) is 1.56. The number of nitriles is 1. The third kappa shape index (κ3) is 4.67. The summed E-state index contributed by atoms with van der Waals surface area (Å²) in [5.74, 6) is -0.213. The minimum atomic E-state index is -0.523. The Morgan fingerprint density at radius 3 is 2.57 bits per heavy atom. The highest BCUT2D eigenvalue weighted by Gasteiger charge is 2.14. The van der Waals surface area contributed by atoms with Gasteiger partial charge < -0.3 is 19.4 Å². The van der Waals surface area contributed by atoms with Crippen LogP contribution >= 0.6 is 0 Å². The van der Waals surface area contributed by atoms with Crippen molar-refractivity contribution in [1.29, 1.82) is 5.26 Å². The fraction of sp³-hybridized carbons (Fsp3) is 0.174. The van der Waals surface area contributed by atoms with Crippen molar-refractivity contribution in [3.05, 3.63) is 65.9 Å². The van der Waals surface area contributed by atoms with Crippen LogP contribution in [-0.2, 0) is 20.9 Å². The lowest BCUT2D eigenvalue weighted by molar-refractivity contribution is -0.143. The molecule has 0 unspecified atom stereocenters. The lowest BCUT2D eigenvalue weighted by Crippen LogP contribution is -2.13. The number of aromatic nitrogens is 1. The number of nitrogens with zero attached hydrogens (tertiary/aromatic N) is 2. The number of carbonyl (C=O) groups excluding carboxylic acids is 2. The summed E-state index contributed by atoms with van der Waals surface area (Å²) in [4.78, 5) is 24.5. The van der Waals surface area contributed by atoms with Crippen molar-refractivity contribution in [3.8, 4) is 11.8 Å². The second-order valence-corrected chi connectivity index (χ2v) is 6.39. The molecule has 0 radical (unpaired) electrons. The fourth-order valence-corrected chi connectivity index (χ4v) is 3.04. The maximum atomic E-state index is 12.6. The Morgan fingerprint density at radius 2 is 1.90 bits per heavy atom. The van der Waals surface area contributed by atoms with Crippen LogP contribution in [0.2, 0.25) is 0 Å². The van der Waals surface area contributed by atoms with Crippen molar-refractivity contribution < 1.29 is 19.1 Å². The van der Waals surface area contributed by atoms with Crippen molar-refractivity contribution in [2.24, 2.45) is 0 Å². The third-order valence-corrected chi connectivity index (χ3v) is 4.44. The highest BCUT2D eigenvalue weighted by molar-refractivity contribution is 6.10. The first-order chi connectivity index (χ1) is 14.5. The number of esters is 1. The molecule has 7 nitrogen and oxygen atoms in total. The molecule has 0 saturated carbocycles. The molecule has 3 rings (SSSR count). The monoisotopic (exact) mass is 403 g/mol. The van der Waals surface area contributed by atoms with Gasteiger partial charge in [-0.2, -0.15) is 5.26 Å². The predicted octanol–water partition coefficient (Wildman–Crippen LogP) is 3.76. The molecule has 0 aliphatic heterocycles. The standard InChI is InChI=1S/C23H21N3O4/c1-3-30-22(27)15-26-14-17(20-6-4-5-7-21(20)26)12-16(13-24)23(28)25-18-8-10-19(29-2)11-9-18/h4-12,14H,3,15H2,1-2H3,(H,25,28). The second-order valence-electron chi connectivity index (χ2n) is 6.39. The number of ether oxygens (including phenoxy) is 2. The van der Waals surface area contributed by atoms with E-state index in [9.17, 15) is 14.9 Å². The lowest BCUT2D eigenvalue weighted by Gasteiger charge is -2.05. The SMILES string of the molecule is CCOC(=O)Cn1cc(C=C(C#N)C(=O)Nc2ccc(OC)cc2)c2ccccc21. The molecule has 152 valence electrons. The molecule has 3 aromatic rings. The highest BCUT2D eigenvalue weighted by atomic mass is 16.5. The van der Waals surface area contributed by atoms with Crippen LogP contribution in [0.5, 0.6) is 5.75 Å². The van der Waals surface area contributed by atoms with Gasteiger partial charge in [-0.1, -0.05) is 18.2 Å². The molecule has 1 N–H and O–H groups in total. The molecule has 0 saturated heterocycles. The summed E-state index contributed by atoms with van der Waals surface area (Å²) < 4.78 is 11.9. The van der Waals surface area contributed by atoms with Crippen LogP contribution in [0, 0.1) is 11.3 Å². The number of hydrogen-bond donors (Lipinski definition) is 1. The molecule has 0 fully saturated rings. The summed E-state index contributed by atoms with van der Waals surface area (Å²) in [6.07, 6.45) is 3.25. The van der Waals surface area contributed by atoms with Crippen LogP contribution in [0.3, 0.4) is 0 Å². The van der Waals surface area contributed by atoms with Gasteiger partial charge in [-0.25, -0.2) is 0 Å². The number of para-hydroxylation sites is 1.